The number of para-hydroxylation sites is 1. The Bertz CT molecular complexity index is 1340. The minimum Gasteiger partial charge on any atom is -0.388 e. The van der Waals surface area contributed by atoms with Crippen LogP contribution >= 0.6 is 0 Å². The van der Waals surface area contributed by atoms with Crippen molar-refractivity contribution in [3.05, 3.63) is 71.3 Å². The van der Waals surface area contributed by atoms with Crippen LogP contribution in [0.3, 0.4) is 0 Å². The van der Waals surface area contributed by atoms with E-state index in [1.54, 1.807) is 14.1 Å². The number of nitrogens with zero attached hydrogens (tertiary/aromatic N) is 4. The van der Waals surface area contributed by atoms with Gasteiger partial charge in [0.1, 0.15) is 17.3 Å². The SMILES string of the molecule is C=C(NC)c1ccc(C)c(-c2nc(NC3CCN(C)CC3)nc(N(C=O)c3c(F)cccc3F)c2CNC)c1. The van der Waals surface area contributed by atoms with Crippen molar-refractivity contribution in [2.45, 2.75) is 32.4 Å². The van der Waals surface area contributed by atoms with Crippen molar-refractivity contribution in [1.82, 2.24) is 25.5 Å². The second-order valence-corrected chi connectivity index (χ2v) is 9.75. The average molecular weight is 536 g/mol. The van der Waals surface area contributed by atoms with Crippen molar-refractivity contribution in [3.63, 3.8) is 0 Å². The van der Waals surface area contributed by atoms with Crippen molar-refractivity contribution in [3.8, 4) is 11.3 Å². The maximum absolute atomic E-state index is 14.9. The van der Waals surface area contributed by atoms with Crippen LogP contribution in [0.2, 0.25) is 0 Å². The van der Waals surface area contributed by atoms with E-state index in [2.05, 4.69) is 39.5 Å². The molecule has 1 fully saturated rings. The molecule has 1 aliphatic rings. The van der Waals surface area contributed by atoms with Crippen molar-refractivity contribution >= 4 is 29.6 Å². The van der Waals surface area contributed by atoms with Gasteiger partial charge in [-0.1, -0.05) is 24.8 Å². The first-order chi connectivity index (χ1) is 18.8. The number of aromatic nitrogens is 2. The highest BCUT2D eigenvalue weighted by Crippen LogP contribution is 2.37. The lowest BCUT2D eigenvalue weighted by Gasteiger charge is -2.30. The molecule has 2 aromatic carbocycles. The summed E-state index contributed by atoms with van der Waals surface area (Å²) in [6.45, 7) is 8.12. The molecule has 1 aromatic heterocycles. The van der Waals surface area contributed by atoms with Crippen LogP contribution in [0.5, 0.6) is 0 Å². The first kappa shape index (κ1) is 28.1. The Balaban J connectivity index is 1.96. The van der Waals surface area contributed by atoms with Gasteiger partial charge in [0, 0.05) is 36.5 Å². The molecule has 39 heavy (non-hydrogen) atoms. The number of anilines is 3. The standard InChI is InChI=1S/C29H35F2N7O/c1-18-9-10-20(19(2)33-4)15-22(18)26-23(16-32-3)28(38(17-39)27-24(30)7-6-8-25(27)31)36-29(35-26)34-21-11-13-37(5)14-12-21/h6-10,15,17,21,32-33H,2,11-14,16H2,1,3-5H3,(H,34,35,36). The van der Waals surface area contributed by atoms with E-state index in [0.717, 1.165) is 65.4 Å². The molecule has 0 spiro atoms. The highest BCUT2D eigenvalue weighted by molar-refractivity contribution is 5.89. The number of hydrogen-bond acceptors (Lipinski definition) is 7. The number of aryl methyl sites for hydroxylation is 1. The number of likely N-dealkylation sites (tertiary alicyclic amines) is 1. The molecule has 1 aliphatic heterocycles. The summed E-state index contributed by atoms with van der Waals surface area (Å²) in [6, 6.07) is 9.50. The summed E-state index contributed by atoms with van der Waals surface area (Å²) in [7, 11) is 5.63. The van der Waals surface area contributed by atoms with E-state index in [1.165, 1.54) is 6.07 Å². The number of carbonyl (C=O) groups is 1. The molecule has 0 atom stereocenters. The number of rotatable bonds is 10. The molecule has 4 rings (SSSR count). The van der Waals surface area contributed by atoms with E-state index in [4.69, 9.17) is 4.98 Å². The monoisotopic (exact) mass is 535 g/mol. The van der Waals surface area contributed by atoms with Crippen LogP contribution in [0, 0.1) is 18.6 Å². The van der Waals surface area contributed by atoms with Crippen molar-refractivity contribution < 1.29 is 13.6 Å². The normalized spacial score (nSPS) is 14.2. The summed E-state index contributed by atoms with van der Waals surface area (Å²) in [5.41, 5.74) is 3.91. The number of halogens is 2. The Kier molecular flexibility index (Phi) is 8.88. The second-order valence-electron chi connectivity index (χ2n) is 9.75. The molecule has 3 N–H and O–H groups in total. The van der Waals surface area contributed by atoms with Gasteiger partial charge in [-0.3, -0.25) is 9.69 Å². The number of carbonyl (C=O) groups excluding carboxylic acids is 1. The molecule has 0 saturated carbocycles. The average Bonchev–Trinajstić information content (AvgIpc) is 2.93. The summed E-state index contributed by atoms with van der Waals surface area (Å²) < 4.78 is 29.9. The molecule has 0 aliphatic carbocycles. The zero-order valence-corrected chi connectivity index (χ0v) is 22.8. The molecule has 0 bridgehead atoms. The molecule has 3 aromatic rings. The van der Waals surface area contributed by atoms with Crippen molar-refractivity contribution in [2.75, 3.05) is 44.4 Å². The molecule has 10 heteroatoms. The zero-order valence-electron chi connectivity index (χ0n) is 22.8. The summed E-state index contributed by atoms with van der Waals surface area (Å²) >= 11 is 0. The van der Waals surface area contributed by atoms with Crippen LogP contribution < -0.4 is 20.9 Å². The van der Waals surface area contributed by atoms with Gasteiger partial charge in [0.05, 0.1) is 5.69 Å². The van der Waals surface area contributed by atoms with Gasteiger partial charge >= 0.3 is 0 Å². The minimum atomic E-state index is -0.869. The molecule has 1 amide bonds. The number of benzene rings is 2. The third kappa shape index (κ3) is 6.07. The number of hydrogen-bond donors (Lipinski definition) is 3. The lowest BCUT2D eigenvalue weighted by atomic mass is 9.97. The van der Waals surface area contributed by atoms with Gasteiger partial charge in [0.15, 0.2) is 5.82 Å². The molecule has 206 valence electrons. The van der Waals surface area contributed by atoms with Crippen LogP contribution in [0.25, 0.3) is 17.0 Å². The third-order valence-electron chi connectivity index (χ3n) is 7.05. The molecule has 0 unspecified atom stereocenters. The van der Waals surface area contributed by atoms with E-state index >= 15 is 0 Å². The lowest BCUT2D eigenvalue weighted by molar-refractivity contribution is -0.106. The Morgan fingerprint density at radius 2 is 1.85 bits per heavy atom. The van der Waals surface area contributed by atoms with Gasteiger partial charge in [-0.25, -0.2) is 13.8 Å². The van der Waals surface area contributed by atoms with E-state index in [1.807, 2.05) is 25.1 Å². The third-order valence-corrected chi connectivity index (χ3v) is 7.05. The molecule has 0 radical (unpaired) electrons. The van der Waals surface area contributed by atoms with Gasteiger partial charge < -0.3 is 20.9 Å². The minimum absolute atomic E-state index is 0.0982. The fourth-order valence-electron chi connectivity index (χ4n) is 4.77. The maximum Gasteiger partial charge on any atom is 0.225 e. The van der Waals surface area contributed by atoms with Gasteiger partial charge in [0.2, 0.25) is 12.4 Å². The smallest absolute Gasteiger partial charge is 0.225 e. The van der Waals surface area contributed by atoms with Gasteiger partial charge in [-0.05, 0) is 76.3 Å². The van der Waals surface area contributed by atoms with E-state index < -0.39 is 17.3 Å². The topological polar surface area (TPSA) is 85.4 Å². The Morgan fingerprint density at radius 1 is 1.15 bits per heavy atom. The number of piperidine rings is 1. The predicted molar refractivity (Wildman–Crippen MR) is 152 cm³/mol. The van der Waals surface area contributed by atoms with Crippen LogP contribution in [0.15, 0.2) is 43.0 Å². The van der Waals surface area contributed by atoms with E-state index in [0.29, 0.717) is 17.7 Å². The zero-order chi connectivity index (χ0) is 28.1. The second kappa shape index (κ2) is 12.3. The highest BCUT2D eigenvalue weighted by atomic mass is 19.1. The maximum atomic E-state index is 14.9. The van der Waals surface area contributed by atoms with Gasteiger partial charge in [-0.15, -0.1) is 0 Å². The summed E-state index contributed by atoms with van der Waals surface area (Å²) in [4.78, 5) is 25.2. The van der Waals surface area contributed by atoms with Crippen molar-refractivity contribution in [1.29, 1.82) is 0 Å². The predicted octanol–water partition coefficient (Wildman–Crippen LogP) is 4.44. The molecule has 2 heterocycles. The van der Waals surface area contributed by atoms with Gasteiger partial charge in [-0.2, -0.15) is 4.98 Å². The largest absolute Gasteiger partial charge is 0.388 e. The van der Waals surface area contributed by atoms with E-state index in [-0.39, 0.29) is 24.4 Å². The van der Waals surface area contributed by atoms with Crippen LogP contribution in [-0.4, -0.2) is 61.6 Å². The first-order valence-electron chi connectivity index (χ1n) is 12.9. The Hall–Kier alpha value is -3.89. The number of nitrogens with one attached hydrogen (secondary N) is 3. The summed E-state index contributed by atoms with van der Waals surface area (Å²) in [6.07, 6.45) is 2.16. The molecule has 1 saturated heterocycles. The summed E-state index contributed by atoms with van der Waals surface area (Å²) in [5, 5.41) is 9.59. The Labute approximate surface area is 228 Å². The quantitative estimate of drug-likeness (QED) is 0.331. The van der Waals surface area contributed by atoms with Crippen LogP contribution in [0.1, 0.15) is 29.5 Å². The fraction of sp³-hybridized carbons (Fsp3) is 0.345. The number of amides is 1. The highest BCUT2D eigenvalue weighted by Gasteiger charge is 2.27. The van der Waals surface area contributed by atoms with Crippen LogP contribution in [-0.2, 0) is 11.3 Å². The van der Waals surface area contributed by atoms with Crippen molar-refractivity contribution in [2.24, 2.45) is 0 Å². The van der Waals surface area contributed by atoms with Gasteiger partial charge in [0.25, 0.3) is 0 Å². The van der Waals surface area contributed by atoms with Crippen LogP contribution in [0.4, 0.5) is 26.2 Å². The molecular weight excluding hydrogens is 500 g/mol. The molecule has 8 nitrogen and oxygen atoms in total. The Morgan fingerprint density at radius 3 is 2.46 bits per heavy atom. The van der Waals surface area contributed by atoms with E-state index in [9.17, 15) is 13.6 Å². The lowest BCUT2D eigenvalue weighted by Crippen LogP contribution is -2.37. The first-order valence-corrected chi connectivity index (χ1v) is 12.9. The molecular formula is C29H35F2N7O. The fourth-order valence-corrected chi connectivity index (χ4v) is 4.77. The summed E-state index contributed by atoms with van der Waals surface area (Å²) in [5.74, 6) is -1.35.